The van der Waals surface area contributed by atoms with E-state index >= 15 is 0 Å². The van der Waals surface area contributed by atoms with Gasteiger partial charge in [-0.05, 0) is 0 Å². The number of imidazole rings is 1. The van der Waals surface area contributed by atoms with Crippen molar-refractivity contribution in [3.63, 3.8) is 0 Å². The van der Waals surface area contributed by atoms with Gasteiger partial charge in [-0.25, -0.2) is 9.97 Å². The summed E-state index contributed by atoms with van der Waals surface area (Å²) in [5, 5.41) is 3.03. The first-order valence-electron chi connectivity index (χ1n) is 3.55. The molecule has 12 heavy (non-hydrogen) atoms. The third-order valence-corrected chi connectivity index (χ3v) is 1.44. The van der Waals surface area contributed by atoms with E-state index in [1.54, 1.807) is 18.7 Å². The van der Waals surface area contributed by atoms with Crippen LogP contribution in [0, 0.1) is 0 Å². The summed E-state index contributed by atoms with van der Waals surface area (Å²) in [6.45, 7) is 0.662. The van der Waals surface area contributed by atoms with Gasteiger partial charge in [0.25, 0.3) is 0 Å². The molecule has 0 aliphatic carbocycles. The highest BCUT2D eigenvalue weighted by atomic mass is 16.4. The van der Waals surface area contributed by atoms with Crippen LogP contribution in [0.3, 0.4) is 0 Å². The van der Waals surface area contributed by atoms with Gasteiger partial charge in [0.2, 0.25) is 5.88 Å². The van der Waals surface area contributed by atoms with Crippen LogP contribution in [0.4, 0.5) is 5.88 Å². The van der Waals surface area contributed by atoms with E-state index in [1.165, 1.54) is 6.39 Å². The zero-order valence-electron chi connectivity index (χ0n) is 6.32. The second-order valence-corrected chi connectivity index (χ2v) is 2.30. The van der Waals surface area contributed by atoms with E-state index < -0.39 is 0 Å². The molecule has 0 atom stereocenters. The summed E-state index contributed by atoms with van der Waals surface area (Å²) in [7, 11) is 0. The lowest BCUT2D eigenvalue weighted by Crippen LogP contribution is -1.97. The quantitative estimate of drug-likeness (QED) is 0.710. The molecule has 0 unspecified atom stereocenters. The van der Waals surface area contributed by atoms with E-state index in [0.29, 0.717) is 12.4 Å². The van der Waals surface area contributed by atoms with Crippen LogP contribution >= 0.6 is 0 Å². The van der Waals surface area contributed by atoms with Gasteiger partial charge < -0.3 is 14.7 Å². The largest absolute Gasteiger partial charge is 0.428 e. The average molecular weight is 164 g/mol. The molecular weight excluding hydrogens is 156 g/mol. The highest BCUT2D eigenvalue weighted by Crippen LogP contribution is 2.04. The van der Waals surface area contributed by atoms with E-state index in [2.05, 4.69) is 20.3 Å². The molecule has 62 valence electrons. The number of hydrogen-bond acceptors (Lipinski definition) is 4. The Morgan fingerprint density at radius 3 is 3.08 bits per heavy atom. The number of nitrogens with one attached hydrogen (secondary N) is 2. The molecule has 0 saturated carbocycles. The lowest BCUT2D eigenvalue weighted by molar-refractivity contribution is 0.568. The summed E-state index contributed by atoms with van der Waals surface area (Å²) < 4.78 is 4.98. The molecule has 0 aliphatic rings. The van der Waals surface area contributed by atoms with Crippen LogP contribution in [0.15, 0.2) is 29.5 Å². The van der Waals surface area contributed by atoms with Crippen molar-refractivity contribution in [2.24, 2.45) is 0 Å². The van der Waals surface area contributed by atoms with Gasteiger partial charge >= 0.3 is 0 Å². The molecule has 0 spiro atoms. The van der Waals surface area contributed by atoms with Gasteiger partial charge in [0.1, 0.15) is 0 Å². The molecule has 0 fully saturated rings. The van der Waals surface area contributed by atoms with Crippen LogP contribution in [-0.4, -0.2) is 15.0 Å². The molecule has 5 nitrogen and oxygen atoms in total. The molecule has 0 bridgehead atoms. The molecule has 0 saturated heterocycles. The second-order valence-electron chi connectivity index (χ2n) is 2.30. The first-order chi connectivity index (χ1) is 5.95. The Kier molecular flexibility index (Phi) is 1.77. The van der Waals surface area contributed by atoms with Gasteiger partial charge in [-0.1, -0.05) is 0 Å². The van der Waals surface area contributed by atoms with Crippen molar-refractivity contribution < 1.29 is 4.42 Å². The number of rotatable bonds is 3. The molecule has 2 rings (SSSR count). The van der Waals surface area contributed by atoms with Crippen LogP contribution in [0.25, 0.3) is 0 Å². The van der Waals surface area contributed by atoms with Gasteiger partial charge in [0.05, 0.1) is 24.8 Å². The minimum Gasteiger partial charge on any atom is -0.428 e. The summed E-state index contributed by atoms with van der Waals surface area (Å²) in [5.41, 5.74) is 1.01. The zero-order chi connectivity index (χ0) is 8.23. The van der Waals surface area contributed by atoms with Gasteiger partial charge in [0, 0.05) is 6.20 Å². The molecule has 2 heterocycles. The lowest BCUT2D eigenvalue weighted by atomic mass is 10.5. The van der Waals surface area contributed by atoms with E-state index in [1.807, 2.05) is 0 Å². The van der Waals surface area contributed by atoms with Crippen molar-refractivity contribution in [2.75, 3.05) is 5.32 Å². The third-order valence-electron chi connectivity index (χ3n) is 1.44. The van der Waals surface area contributed by atoms with Crippen LogP contribution in [0.2, 0.25) is 0 Å². The molecule has 2 aromatic rings. The molecule has 0 aromatic carbocycles. The van der Waals surface area contributed by atoms with Crippen molar-refractivity contribution in [1.29, 1.82) is 0 Å². The molecule has 2 aromatic heterocycles. The van der Waals surface area contributed by atoms with E-state index in [4.69, 9.17) is 4.42 Å². The Morgan fingerprint density at radius 2 is 2.42 bits per heavy atom. The van der Waals surface area contributed by atoms with Gasteiger partial charge in [-0.15, -0.1) is 0 Å². The Labute approximate surface area is 68.8 Å². The Hall–Kier alpha value is -1.78. The molecule has 0 radical (unpaired) electrons. The second kappa shape index (κ2) is 3.08. The first-order valence-corrected chi connectivity index (χ1v) is 3.55. The molecule has 2 N–H and O–H groups in total. The first kappa shape index (κ1) is 6.90. The fourth-order valence-electron chi connectivity index (χ4n) is 0.867. The summed E-state index contributed by atoms with van der Waals surface area (Å²) in [5.74, 6) is 0.657. The van der Waals surface area contributed by atoms with E-state index in [0.717, 1.165) is 5.69 Å². The van der Waals surface area contributed by atoms with E-state index in [9.17, 15) is 0 Å². The SMILES string of the molecule is c1ncc(CNc2cnco2)[nH]1. The van der Waals surface area contributed by atoms with Crippen LogP contribution < -0.4 is 5.32 Å². The predicted octanol–water partition coefficient (Wildman–Crippen LogP) is 1.01. The van der Waals surface area contributed by atoms with Crippen molar-refractivity contribution in [1.82, 2.24) is 15.0 Å². The highest BCUT2D eigenvalue weighted by Gasteiger charge is 1.95. The Morgan fingerprint density at radius 1 is 1.42 bits per heavy atom. The minimum absolute atomic E-state index is 0.657. The maximum Gasteiger partial charge on any atom is 0.213 e. The number of aromatic nitrogens is 3. The molecule has 5 heteroatoms. The number of anilines is 1. The molecular formula is C7H8N4O. The van der Waals surface area contributed by atoms with Gasteiger partial charge in [-0.3, -0.25) is 0 Å². The van der Waals surface area contributed by atoms with Gasteiger partial charge in [-0.2, -0.15) is 0 Å². The number of H-pyrrole nitrogens is 1. The number of aromatic amines is 1. The Balaban J connectivity index is 1.91. The summed E-state index contributed by atoms with van der Waals surface area (Å²) in [4.78, 5) is 10.6. The third kappa shape index (κ3) is 1.45. The molecule has 0 amide bonds. The van der Waals surface area contributed by atoms with Crippen LogP contribution in [0.1, 0.15) is 5.69 Å². The van der Waals surface area contributed by atoms with Crippen molar-refractivity contribution in [2.45, 2.75) is 6.54 Å². The Bertz CT molecular complexity index is 279. The summed E-state index contributed by atoms with van der Waals surface area (Å²) in [6, 6.07) is 0. The highest BCUT2D eigenvalue weighted by molar-refractivity contribution is 5.26. The normalized spacial score (nSPS) is 10.0. The predicted molar refractivity (Wildman–Crippen MR) is 42.4 cm³/mol. The number of hydrogen-bond donors (Lipinski definition) is 2. The van der Waals surface area contributed by atoms with Crippen LogP contribution in [-0.2, 0) is 6.54 Å². The number of oxazole rings is 1. The lowest BCUT2D eigenvalue weighted by Gasteiger charge is -1.97. The average Bonchev–Trinajstić information content (AvgIpc) is 2.74. The van der Waals surface area contributed by atoms with Crippen molar-refractivity contribution in [3.05, 3.63) is 30.8 Å². The summed E-state index contributed by atoms with van der Waals surface area (Å²) in [6.07, 6.45) is 6.40. The maximum atomic E-state index is 4.98. The maximum absolute atomic E-state index is 4.98. The van der Waals surface area contributed by atoms with Crippen LogP contribution in [0.5, 0.6) is 0 Å². The fourth-order valence-corrected chi connectivity index (χ4v) is 0.867. The minimum atomic E-state index is 0.657. The monoisotopic (exact) mass is 164 g/mol. The zero-order valence-corrected chi connectivity index (χ0v) is 6.32. The van der Waals surface area contributed by atoms with Crippen molar-refractivity contribution in [3.8, 4) is 0 Å². The van der Waals surface area contributed by atoms with Gasteiger partial charge in [0.15, 0.2) is 6.39 Å². The standard InChI is InChI=1S/C7H8N4O/c1-6(11-4-8-1)2-10-7-3-9-5-12-7/h1,3-5,10H,2H2,(H,8,11). The fraction of sp³-hybridized carbons (Fsp3) is 0.143. The topological polar surface area (TPSA) is 66.7 Å². The van der Waals surface area contributed by atoms with Crippen molar-refractivity contribution >= 4 is 5.88 Å². The summed E-state index contributed by atoms with van der Waals surface area (Å²) >= 11 is 0. The van der Waals surface area contributed by atoms with E-state index in [-0.39, 0.29) is 0 Å². The molecule has 0 aliphatic heterocycles. The number of nitrogens with zero attached hydrogens (tertiary/aromatic N) is 2. The smallest absolute Gasteiger partial charge is 0.213 e.